The van der Waals surface area contributed by atoms with Crippen molar-refractivity contribution in [3.63, 3.8) is 0 Å². The molecule has 0 saturated carbocycles. The lowest BCUT2D eigenvalue weighted by atomic mass is 10.0. The Bertz CT molecular complexity index is 657. The van der Waals surface area contributed by atoms with Gasteiger partial charge in [-0.15, -0.1) is 0 Å². The molecule has 0 bridgehead atoms. The summed E-state index contributed by atoms with van der Waals surface area (Å²) in [7, 11) is 1.88. The molecule has 2 aromatic rings. The van der Waals surface area contributed by atoms with E-state index in [2.05, 4.69) is 0 Å². The number of rotatable bonds is 4. The molecule has 0 atom stereocenters. The Hall–Kier alpha value is -2.30. The number of aryl methyl sites for hydroxylation is 1. The normalized spacial score (nSPS) is 10.6. The second-order valence-electron chi connectivity index (χ2n) is 4.29. The molecule has 5 heteroatoms. The zero-order valence-corrected chi connectivity index (χ0v) is 11.8. The maximum atomic E-state index is 12.2. The lowest BCUT2D eigenvalue weighted by Gasteiger charge is -2.10. The lowest BCUT2D eigenvalue weighted by molar-refractivity contribution is 0.0481. The van der Waals surface area contributed by atoms with Crippen LogP contribution >= 0.6 is 0 Å². The van der Waals surface area contributed by atoms with Crippen LogP contribution in [0.4, 0.5) is 0 Å². The number of hydrogen-bond acceptors (Lipinski definition) is 4. The minimum atomic E-state index is -0.513. The summed E-state index contributed by atoms with van der Waals surface area (Å²) in [6.07, 6.45) is 1.84. The van der Waals surface area contributed by atoms with Gasteiger partial charge in [0.1, 0.15) is 0 Å². The second-order valence-corrected chi connectivity index (χ2v) is 4.29. The highest BCUT2D eigenvalue weighted by Gasteiger charge is 2.23. The summed E-state index contributed by atoms with van der Waals surface area (Å²) in [4.78, 5) is 24.1. The number of hydrogen-bond donors (Lipinski definition) is 0. The van der Waals surface area contributed by atoms with Crippen LogP contribution < -0.4 is 0 Å². The van der Waals surface area contributed by atoms with Crippen molar-refractivity contribution in [1.82, 2.24) is 4.57 Å². The van der Waals surface area contributed by atoms with Crippen molar-refractivity contribution >= 4 is 22.8 Å². The average molecular weight is 275 g/mol. The third-order valence-corrected chi connectivity index (χ3v) is 3.04. The molecular weight excluding hydrogens is 258 g/mol. The SMILES string of the molecule is CCOC(=O)c1ccc2c(ccn2C)c1C(=O)OCC. The van der Waals surface area contributed by atoms with E-state index in [9.17, 15) is 9.59 Å². The van der Waals surface area contributed by atoms with E-state index in [1.165, 1.54) is 0 Å². The smallest absolute Gasteiger partial charge is 0.339 e. The molecule has 0 radical (unpaired) electrons. The first-order valence-electron chi connectivity index (χ1n) is 6.52. The summed E-state index contributed by atoms with van der Waals surface area (Å²) in [6.45, 7) is 3.97. The molecule has 0 amide bonds. The predicted molar refractivity (Wildman–Crippen MR) is 74.8 cm³/mol. The lowest BCUT2D eigenvalue weighted by Crippen LogP contribution is -2.14. The Morgan fingerprint density at radius 3 is 2.35 bits per heavy atom. The summed E-state index contributed by atoms with van der Waals surface area (Å²) in [5.41, 5.74) is 1.37. The van der Waals surface area contributed by atoms with Crippen LogP contribution in [0.1, 0.15) is 34.6 Å². The molecule has 0 saturated heterocycles. The van der Waals surface area contributed by atoms with Gasteiger partial charge in [-0.3, -0.25) is 0 Å². The molecule has 2 rings (SSSR count). The third kappa shape index (κ3) is 2.39. The van der Waals surface area contributed by atoms with Crippen LogP contribution in [-0.4, -0.2) is 29.7 Å². The van der Waals surface area contributed by atoms with Crippen LogP contribution in [0.5, 0.6) is 0 Å². The van der Waals surface area contributed by atoms with Gasteiger partial charge in [0, 0.05) is 24.1 Å². The van der Waals surface area contributed by atoms with E-state index < -0.39 is 11.9 Å². The molecule has 20 heavy (non-hydrogen) atoms. The largest absolute Gasteiger partial charge is 0.462 e. The minimum Gasteiger partial charge on any atom is -0.462 e. The summed E-state index contributed by atoms with van der Waals surface area (Å²) >= 11 is 0. The van der Waals surface area contributed by atoms with Crippen molar-refractivity contribution in [3.05, 3.63) is 35.5 Å². The van der Waals surface area contributed by atoms with Gasteiger partial charge >= 0.3 is 11.9 Å². The number of nitrogens with zero attached hydrogens (tertiary/aromatic N) is 1. The third-order valence-electron chi connectivity index (χ3n) is 3.04. The van der Waals surface area contributed by atoms with E-state index in [1.54, 1.807) is 32.0 Å². The number of benzene rings is 1. The first-order chi connectivity index (χ1) is 9.60. The van der Waals surface area contributed by atoms with Gasteiger partial charge < -0.3 is 14.0 Å². The molecule has 0 fully saturated rings. The second kappa shape index (κ2) is 5.77. The van der Waals surface area contributed by atoms with Crippen molar-refractivity contribution in [2.24, 2.45) is 7.05 Å². The molecule has 0 spiro atoms. The maximum absolute atomic E-state index is 12.2. The number of fused-ring (bicyclic) bond motifs is 1. The zero-order valence-electron chi connectivity index (χ0n) is 11.8. The van der Waals surface area contributed by atoms with Crippen LogP contribution in [-0.2, 0) is 16.5 Å². The molecule has 1 aromatic heterocycles. The van der Waals surface area contributed by atoms with Crippen LogP contribution in [0.15, 0.2) is 24.4 Å². The fraction of sp³-hybridized carbons (Fsp3) is 0.333. The van der Waals surface area contributed by atoms with Crippen molar-refractivity contribution in [2.45, 2.75) is 13.8 Å². The minimum absolute atomic E-state index is 0.240. The number of esters is 2. The van der Waals surface area contributed by atoms with E-state index in [0.29, 0.717) is 5.39 Å². The van der Waals surface area contributed by atoms with Gasteiger partial charge in [0.25, 0.3) is 0 Å². The van der Waals surface area contributed by atoms with E-state index in [0.717, 1.165) is 5.52 Å². The fourth-order valence-corrected chi connectivity index (χ4v) is 2.15. The van der Waals surface area contributed by atoms with Crippen molar-refractivity contribution in [1.29, 1.82) is 0 Å². The number of carbonyl (C=O) groups excluding carboxylic acids is 2. The van der Waals surface area contributed by atoms with Gasteiger partial charge in [0.05, 0.1) is 24.3 Å². The summed E-state index contributed by atoms with van der Waals surface area (Å²) < 4.78 is 11.9. The number of ether oxygens (including phenoxy) is 2. The summed E-state index contributed by atoms with van der Waals surface area (Å²) in [5.74, 6) is -1.02. The topological polar surface area (TPSA) is 57.5 Å². The molecular formula is C15H17NO4. The predicted octanol–water partition coefficient (Wildman–Crippen LogP) is 2.53. The maximum Gasteiger partial charge on any atom is 0.339 e. The van der Waals surface area contributed by atoms with E-state index in [1.807, 2.05) is 17.8 Å². The van der Waals surface area contributed by atoms with E-state index in [4.69, 9.17) is 9.47 Å². The Labute approximate surface area is 117 Å². The van der Waals surface area contributed by atoms with Gasteiger partial charge in [0.15, 0.2) is 0 Å². The van der Waals surface area contributed by atoms with Crippen molar-refractivity contribution in [2.75, 3.05) is 13.2 Å². The quantitative estimate of drug-likeness (QED) is 0.805. The standard InChI is InChI=1S/C15H17NO4/c1-4-19-14(17)11-6-7-12-10(8-9-16(12)3)13(11)15(18)20-5-2/h6-9H,4-5H2,1-3H3. The molecule has 0 unspecified atom stereocenters. The molecule has 0 aliphatic carbocycles. The average Bonchev–Trinajstić information content (AvgIpc) is 2.80. The van der Waals surface area contributed by atoms with Gasteiger partial charge in [-0.25, -0.2) is 9.59 Å². The number of carbonyl (C=O) groups is 2. The zero-order chi connectivity index (χ0) is 14.7. The van der Waals surface area contributed by atoms with Gasteiger partial charge in [-0.1, -0.05) is 0 Å². The Balaban J connectivity index is 2.64. The molecule has 106 valence electrons. The van der Waals surface area contributed by atoms with Gasteiger partial charge in [0.2, 0.25) is 0 Å². The first-order valence-corrected chi connectivity index (χ1v) is 6.52. The van der Waals surface area contributed by atoms with Crippen LogP contribution in [0, 0.1) is 0 Å². The van der Waals surface area contributed by atoms with Gasteiger partial charge in [-0.05, 0) is 32.0 Å². The molecule has 0 aliphatic heterocycles. The van der Waals surface area contributed by atoms with Crippen LogP contribution in [0.2, 0.25) is 0 Å². The summed E-state index contributed by atoms with van der Waals surface area (Å²) in [6, 6.07) is 5.20. The van der Waals surface area contributed by atoms with Gasteiger partial charge in [-0.2, -0.15) is 0 Å². The van der Waals surface area contributed by atoms with E-state index >= 15 is 0 Å². The first kappa shape index (κ1) is 14.1. The van der Waals surface area contributed by atoms with Crippen molar-refractivity contribution in [3.8, 4) is 0 Å². The van der Waals surface area contributed by atoms with Crippen LogP contribution in [0.25, 0.3) is 10.9 Å². The Kier molecular flexibility index (Phi) is 4.08. The van der Waals surface area contributed by atoms with Crippen LogP contribution in [0.3, 0.4) is 0 Å². The Morgan fingerprint density at radius 1 is 1.05 bits per heavy atom. The summed E-state index contributed by atoms with van der Waals surface area (Å²) in [5, 5.41) is 0.691. The number of aromatic nitrogens is 1. The molecule has 0 N–H and O–H groups in total. The fourth-order valence-electron chi connectivity index (χ4n) is 2.15. The molecule has 5 nitrogen and oxygen atoms in total. The highest BCUT2D eigenvalue weighted by Crippen LogP contribution is 2.25. The van der Waals surface area contributed by atoms with Crippen molar-refractivity contribution < 1.29 is 19.1 Å². The molecule has 0 aliphatic rings. The molecule has 1 aromatic carbocycles. The highest BCUT2D eigenvalue weighted by atomic mass is 16.5. The highest BCUT2D eigenvalue weighted by molar-refractivity contribution is 6.12. The Morgan fingerprint density at radius 2 is 1.70 bits per heavy atom. The van der Waals surface area contributed by atoms with E-state index in [-0.39, 0.29) is 24.3 Å². The monoisotopic (exact) mass is 275 g/mol. The molecule has 1 heterocycles.